The fourth-order valence-corrected chi connectivity index (χ4v) is 4.58. The van der Waals surface area contributed by atoms with Crippen molar-refractivity contribution in [2.45, 2.75) is 25.4 Å². The van der Waals surface area contributed by atoms with Crippen molar-refractivity contribution in [3.63, 3.8) is 0 Å². The minimum Gasteiger partial charge on any atom is -0.456 e. The van der Waals surface area contributed by atoms with Crippen LogP contribution in [-0.4, -0.2) is 36.6 Å². The van der Waals surface area contributed by atoms with E-state index in [1.807, 2.05) is 4.72 Å². The summed E-state index contributed by atoms with van der Waals surface area (Å²) in [5.74, 6) is -1.63. The third-order valence-electron chi connectivity index (χ3n) is 4.77. The fourth-order valence-electron chi connectivity index (χ4n) is 3.15. The van der Waals surface area contributed by atoms with Gasteiger partial charge in [-0.1, -0.05) is 18.0 Å². The molecule has 0 radical (unpaired) electrons. The number of halogens is 4. The van der Waals surface area contributed by atoms with E-state index in [-0.39, 0.29) is 29.6 Å². The number of piperidine rings is 1. The number of nitrogens with one attached hydrogen (secondary N) is 1. The highest BCUT2D eigenvalue weighted by atomic mass is 35.5. The second kappa shape index (κ2) is 9.53. The molecule has 0 spiro atoms. The number of alkyl halides is 3. The van der Waals surface area contributed by atoms with Crippen molar-refractivity contribution in [2.24, 2.45) is 0 Å². The summed E-state index contributed by atoms with van der Waals surface area (Å²) in [6.07, 6.45) is -2.54. The van der Waals surface area contributed by atoms with E-state index in [0.717, 1.165) is 41.1 Å². The van der Waals surface area contributed by atoms with E-state index in [4.69, 9.17) is 16.3 Å². The Morgan fingerprint density at radius 3 is 2.36 bits per heavy atom. The molecule has 14 heteroatoms. The zero-order chi connectivity index (χ0) is 24.4. The molecule has 1 amide bonds. The van der Waals surface area contributed by atoms with Crippen molar-refractivity contribution in [3.05, 3.63) is 62.7 Å². The number of hydrogen-bond acceptors (Lipinski definition) is 6. The van der Waals surface area contributed by atoms with E-state index in [0.29, 0.717) is 18.9 Å². The Morgan fingerprint density at radius 2 is 1.79 bits per heavy atom. The summed E-state index contributed by atoms with van der Waals surface area (Å²) in [7, 11) is -4.23. The highest BCUT2D eigenvalue weighted by Gasteiger charge is 2.32. The lowest BCUT2D eigenvalue weighted by molar-refractivity contribution is -0.385. The van der Waals surface area contributed by atoms with Gasteiger partial charge in [-0.25, -0.2) is 4.72 Å². The number of amides is 1. The van der Waals surface area contributed by atoms with Gasteiger partial charge in [0.25, 0.3) is 11.6 Å². The van der Waals surface area contributed by atoms with Crippen molar-refractivity contribution >= 4 is 33.4 Å². The van der Waals surface area contributed by atoms with Crippen molar-refractivity contribution in [1.29, 1.82) is 0 Å². The Morgan fingerprint density at radius 1 is 1.12 bits per heavy atom. The molecular weight excluding hydrogens is 491 g/mol. The Bertz CT molecular complexity index is 1180. The number of hydrogen-bond donors (Lipinski definition) is 1. The topological polar surface area (TPSA) is 119 Å². The Labute approximate surface area is 191 Å². The Balaban J connectivity index is 1.88. The molecule has 2 aromatic rings. The SMILES string of the molecule is O=C(NS(=O)(=O)N1CCCCC1)c1cc(Oc2ccc(C(F)(F)F)cc2Cl)ccc1[N+](=O)[O-]. The Kier molecular flexibility index (Phi) is 7.14. The number of rotatable bonds is 6. The van der Waals surface area contributed by atoms with Crippen LogP contribution < -0.4 is 9.46 Å². The molecule has 0 unspecified atom stereocenters. The second-order valence-corrected chi connectivity index (χ2v) is 9.15. The molecule has 0 saturated carbocycles. The van der Waals surface area contributed by atoms with Crippen LogP contribution in [0.15, 0.2) is 36.4 Å². The first-order valence-corrected chi connectivity index (χ1v) is 11.4. The minimum absolute atomic E-state index is 0.178. The molecule has 33 heavy (non-hydrogen) atoms. The maximum atomic E-state index is 12.8. The van der Waals surface area contributed by atoms with Crippen molar-refractivity contribution < 1.29 is 36.0 Å². The molecule has 1 fully saturated rings. The largest absolute Gasteiger partial charge is 0.456 e. The average molecular weight is 508 g/mol. The first-order chi connectivity index (χ1) is 15.4. The number of carbonyl (C=O) groups excluding carboxylic acids is 1. The third-order valence-corrected chi connectivity index (χ3v) is 6.56. The third kappa shape index (κ3) is 5.92. The quantitative estimate of drug-likeness (QED) is 0.453. The minimum atomic E-state index is -4.62. The van der Waals surface area contributed by atoms with Crippen LogP contribution in [-0.2, 0) is 16.4 Å². The zero-order valence-corrected chi connectivity index (χ0v) is 18.3. The molecule has 1 aliphatic heterocycles. The van der Waals surface area contributed by atoms with Gasteiger partial charge in [0.15, 0.2) is 0 Å². The maximum absolute atomic E-state index is 12.8. The number of nitro groups is 1. The molecule has 1 aliphatic rings. The molecule has 0 bridgehead atoms. The van der Waals surface area contributed by atoms with Crippen LogP contribution in [0.4, 0.5) is 18.9 Å². The van der Waals surface area contributed by atoms with Gasteiger partial charge in [-0.3, -0.25) is 14.9 Å². The van der Waals surface area contributed by atoms with Crippen molar-refractivity contribution in [2.75, 3.05) is 13.1 Å². The van der Waals surface area contributed by atoms with E-state index < -0.39 is 44.0 Å². The van der Waals surface area contributed by atoms with Crippen molar-refractivity contribution in [3.8, 4) is 11.5 Å². The van der Waals surface area contributed by atoms with Gasteiger partial charge in [-0.2, -0.15) is 25.9 Å². The van der Waals surface area contributed by atoms with Crippen LogP contribution in [0, 0.1) is 10.1 Å². The smallest absolute Gasteiger partial charge is 0.416 e. The van der Waals surface area contributed by atoms with Gasteiger partial charge in [-0.05, 0) is 37.1 Å². The van der Waals surface area contributed by atoms with E-state index in [9.17, 15) is 36.5 Å². The molecule has 2 aromatic carbocycles. The van der Waals surface area contributed by atoms with E-state index in [1.165, 1.54) is 0 Å². The summed E-state index contributed by atoms with van der Waals surface area (Å²) in [6, 6.07) is 5.24. The first-order valence-electron chi connectivity index (χ1n) is 9.54. The summed E-state index contributed by atoms with van der Waals surface area (Å²) >= 11 is 5.85. The molecule has 0 atom stereocenters. The van der Waals surface area contributed by atoms with Gasteiger partial charge in [0.1, 0.15) is 17.1 Å². The zero-order valence-electron chi connectivity index (χ0n) is 16.8. The van der Waals surface area contributed by atoms with Gasteiger partial charge < -0.3 is 4.74 Å². The van der Waals surface area contributed by atoms with Crippen LogP contribution in [0.1, 0.15) is 35.2 Å². The van der Waals surface area contributed by atoms with Crippen LogP contribution in [0.5, 0.6) is 11.5 Å². The molecular formula is C19H17ClF3N3O6S. The first kappa shape index (κ1) is 24.7. The number of ether oxygens (including phenoxy) is 1. The normalized spacial score (nSPS) is 15.2. The maximum Gasteiger partial charge on any atom is 0.416 e. The van der Waals surface area contributed by atoms with E-state index in [1.54, 1.807) is 0 Å². The molecule has 1 N–H and O–H groups in total. The summed E-state index contributed by atoms with van der Waals surface area (Å²) in [5.41, 5.74) is -2.31. The van der Waals surface area contributed by atoms with Crippen molar-refractivity contribution in [1.82, 2.24) is 9.03 Å². The molecule has 1 heterocycles. The number of nitro benzene ring substituents is 1. The number of benzene rings is 2. The summed E-state index contributed by atoms with van der Waals surface area (Å²) < 4.78 is 71.6. The molecule has 0 aromatic heterocycles. The summed E-state index contributed by atoms with van der Waals surface area (Å²) in [5, 5.41) is 11.0. The van der Waals surface area contributed by atoms with E-state index >= 15 is 0 Å². The number of carbonyl (C=O) groups is 1. The number of nitrogens with zero attached hydrogens (tertiary/aromatic N) is 2. The lowest BCUT2D eigenvalue weighted by Crippen LogP contribution is -2.45. The standard InChI is InChI=1S/C19H17ClF3N3O6S/c20-15-10-12(19(21,22)23)4-7-17(15)32-13-5-6-16(26(28)29)14(11-13)18(27)24-33(30,31)25-8-2-1-3-9-25/h4-7,10-11H,1-3,8-9H2,(H,24,27). The average Bonchev–Trinajstić information content (AvgIpc) is 2.74. The predicted molar refractivity (Wildman–Crippen MR) is 111 cm³/mol. The van der Waals surface area contributed by atoms with Crippen LogP contribution >= 0.6 is 11.6 Å². The molecule has 0 aliphatic carbocycles. The van der Waals surface area contributed by atoms with Gasteiger partial charge in [0.05, 0.1) is 15.5 Å². The molecule has 9 nitrogen and oxygen atoms in total. The monoisotopic (exact) mass is 507 g/mol. The fraction of sp³-hybridized carbons (Fsp3) is 0.316. The highest BCUT2D eigenvalue weighted by Crippen LogP contribution is 2.37. The predicted octanol–water partition coefficient (Wildman–Crippen LogP) is 4.52. The lowest BCUT2D eigenvalue weighted by atomic mass is 10.1. The molecule has 1 saturated heterocycles. The van der Waals surface area contributed by atoms with Crippen LogP contribution in [0.25, 0.3) is 0 Å². The van der Waals surface area contributed by atoms with Gasteiger partial charge in [0, 0.05) is 25.2 Å². The van der Waals surface area contributed by atoms with Gasteiger partial charge >= 0.3 is 16.4 Å². The molecule has 178 valence electrons. The van der Waals surface area contributed by atoms with Crippen LogP contribution in [0.3, 0.4) is 0 Å². The van der Waals surface area contributed by atoms with Crippen LogP contribution in [0.2, 0.25) is 5.02 Å². The summed E-state index contributed by atoms with van der Waals surface area (Å²) in [4.78, 5) is 23.1. The van der Waals surface area contributed by atoms with E-state index in [2.05, 4.69) is 0 Å². The molecule has 3 rings (SSSR count). The summed E-state index contributed by atoms with van der Waals surface area (Å²) in [6.45, 7) is 0.417. The van der Waals surface area contributed by atoms with Gasteiger partial charge in [0.2, 0.25) is 0 Å². The van der Waals surface area contributed by atoms with Gasteiger partial charge in [-0.15, -0.1) is 0 Å². The lowest BCUT2D eigenvalue weighted by Gasteiger charge is -2.25. The highest BCUT2D eigenvalue weighted by molar-refractivity contribution is 7.87. The Hall–Kier alpha value is -2.90. The second-order valence-electron chi connectivity index (χ2n) is 7.08.